The third-order valence-electron chi connectivity index (χ3n) is 5.95. The van der Waals surface area contributed by atoms with Crippen molar-refractivity contribution in [1.82, 2.24) is 15.1 Å². The Balaban J connectivity index is 1.91. The van der Waals surface area contributed by atoms with Crippen LogP contribution in [-0.2, 0) is 13.0 Å². The number of hydrogen-bond acceptors (Lipinski definition) is 6. The maximum atomic E-state index is 13.3. The highest BCUT2D eigenvalue weighted by Crippen LogP contribution is 2.30. The molecule has 0 aliphatic rings. The van der Waals surface area contributed by atoms with Crippen molar-refractivity contribution in [3.05, 3.63) is 64.5 Å². The zero-order valence-electron chi connectivity index (χ0n) is 22.1. The number of aliphatic imine (C=N–C) groups is 1. The van der Waals surface area contributed by atoms with Crippen LogP contribution in [0.3, 0.4) is 0 Å². The molecule has 0 spiro atoms. The molecule has 0 bridgehead atoms. The molecule has 1 aromatic heterocycles. The fraction of sp³-hybridized carbons (Fsp3) is 0.370. The normalized spacial score (nSPS) is 11.2. The predicted molar refractivity (Wildman–Crippen MR) is 142 cm³/mol. The van der Waals surface area contributed by atoms with Crippen LogP contribution < -0.4 is 24.8 Å². The maximum Gasteiger partial charge on any atom is 0.261 e. The van der Waals surface area contributed by atoms with Gasteiger partial charge in [-0.15, -0.1) is 0 Å². The number of anilines is 1. The van der Waals surface area contributed by atoms with Crippen LogP contribution in [0, 0.1) is 20.8 Å². The molecule has 3 aromatic rings. The average molecular weight is 494 g/mol. The van der Waals surface area contributed by atoms with E-state index in [2.05, 4.69) is 29.6 Å². The minimum absolute atomic E-state index is 0.298. The van der Waals surface area contributed by atoms with Crippen molar-refractivity contribution in [2.24, 2.45) is 4.99 Å². The van der Waals surface area contributed by atoms with Crippen molar-refractivity contribution in [2.45, 2.75) is 40.7 Å². The summed E-state index contributed by atoms with van der Waals surface area (Å²) < 4.78 is 18.3. The number of para-hydroxylation sites is 1. The smallest absolute Gasteiger partial charge is 0.261 e. The van der Waals surface area contributed by atoms with Crippen LogP contribution >= 0.6 is 0 Å². The van der Waals surface area contributed by atoms with Gasteiger partial charge in [0.1, 0.15) is 5.75 Å². The number of guanidine groups is 1. The Morgan fingerprint density at radius 3 is 2.42 bits per heavy atom. The zero-order valence-corrected chi connectivity index (χ0v) is 22.1. The van der Waals surface area contributed by atoms with E-state index in [9.17, 15) is 4.79 Å². The fourth-order valence-electron chi connectivity index (χ4n) is 4.08. The molecule has 0 atom stereocenters. The first-order valence-corrected chi connectivity index (χ1v) is 11.8. The predicted octanol–water partition coefficient (Wildman–Crippen LogP) is 4.29. The van der Waals surface area contributed by atoms with Crippen LogP contribution in [0.2, 0.25) is 0 Å². The molecular weight excluding hydrogens is 458 g/mol. The molecule has 0 aliphatic carbocycles. The summed E-state index contributed by atoms with van der Waals surface area (Å²) in [5.74, 6) is 1.37. The first-order chi connectivity index (χ1) is 17.3. The third-order valence-corrected chi connectivity index (χ3v) is 5.95. The topological polar surface area (TPSA) is 99.0 Å². The highest BCUT2D eigenvalue weighted by Gasteiger charge is 2.19. The van der Waals surface area contributed by atoms with E-state index in [-0.39, 0.29) is 5.91 Å². The Morgan fingerprint density at radius 2 is 1.78 bits per heavy atom. The Hall–Kier alpha value is -4.01. The van der Waals surface area contributed by atoms with Gasteiger partial charge in [-0.25, -0.2) is 0 Å². The molecule has 9 heteroatoms. The van der Waals surface area contributed by atoms with Gasteiger partial charge in [-0.2, -0.15) is 5.10 Å². The number of amides is 1. The van der Waals surface area contributed by atoms with E-state index in [0.717, 1.165) is 29.1 Å². The molecule has 2 aromatic carbocycles. The highest BCUT2D eigenvalue weighted by molar-refractivity contribution is 6.11. The van der Waals surface area contributed by atoms with E-state index >= 15 is 0 Å². The summed E-state index contributed by atoms with van der Waals surface area (Å²) in [7, 11) is 4.63. The van der Waals surface area contributed by atoms with Crippen LogP contribution in [-0.4, -0.2) is 49.5 Å². The molecule has 0 unspecified atom stereocenters. The van der Waals surface area contributed by atoms with E-state index in [1.165, 1.54) is 14.2 Å². The monoisotopic (exact) mass is 493 g/mol. The Kier molecular flexibility index (Phi) is 8.94. The maximum absolute atomic E-state index is 13.3. The molecule has 0 saturated heterocycles. The van der Waals surface area contributed by atoms with Crippen molar-refractivity contribution >= 4 is 17.6 Å². The molecule has 192 valence electrons. The van der Waals surface area contributed by atoms with Gasteiger partial charge in [0.2, 0.25) is 5.96 Å². The lowest BCUT2D eigenvalue weighted by Gasteiger charge is -2.16. The van der Waals surface area contributed by atoms with Crippen LogP contribution in [0.1, 0.15) is 39.8 Å². The summed E-state index contributed by atoms with van der Waals surface area (Å²) in [6.07, 6.45) is 0.687. The molecular formula is C27H35N5O4. The van der Waals surface area contributed by atoms with Gasteiger partial charge in [-0.1, -0.05) is 12.1 Å². The molecule has 3 rings (SSSR count). The summed E-state index contributed by atoms with van der Waals surface area (Å²) in [4.78, 5) is 18.0. The molecule has 9 nitrogen and oxygen atoms in total. The van der Waals surface area contributed by atoms with Crippen LogP contribution in [0.5, 0.6) is 17.2 Å². The van der Waals surface area contributed by atoms with Gasteiger partial charge in [0.15, 0.2) is 11.5 Å². The Morgan fingerprint density at radius 1 is 1.03 bits per heavy atom. The SMILES string of the molecule is CCn1nc(C)c(CCN=C(NC(=O)c2cccc(OC)c2OC)Nc2cc(C)ccc2OC)c1C. The number of carbonyl (C=O) groups excluding carboxylic acids is 1. The summed E-state index contributed by atoms with van der Waals surface area (Å²) in [5, 5.41) is 10.7. The quantitative estimate of drug-likeness (QED) is 0.341. The van der Waals surface area contributed by atoms with Crippen molar-refractivity contribution < 1.29 is 19.0 Å². The van der Waals surface area contributed by atoms with Crippen LogP contribution in [0.25, 0.3) is 0 Å². The van der Waals surface area contributed by atoms with Gasteiger partial charge in [-0.3, -0.25) is 19.8 Å². The second-order valence-electron chi connectivity index (χ2n) is 8.27. The summed E-state index contributed by atoms with van der Waals surface area (Å²) in [5.41, 5.74) is 5.35. The van der Waals surface area contributed by atoms with E-state index in [1.54, 1.807) is 25.3 Å². The standard InChI is InChI=1S/C27H35N5O4/c1-8-32-19(4)20(18(3)31-32)14-15-28-27(29-22-16-17(2)12-13-23(22)34-5)30-26(33)21-10-9-11-24(35-6)25(21)36-7/h9-13,16H,8,14-15H2,1-7H3,(H2,28,29,30,33). The number of nitrogens with zero attached hydrogens (tertiary/aromatic N) is 3. The first-order valence-electron chi connectivity index (χ1n) is 11.8. The van der Waals surface area contributed by atoms with Gasteiger partial charge in [0.25, 0.3) is 5.91 Å². The zero-order chi connectivity index (χ0) is 26.2. The van der Waals surface area contributed by atoms with E-state index in [4.69, 9.17) is 19.2 Å². The molecule has 1 amide bonds. The van der Waals surface area contributed by atoms with Gasteiger partial charge < -0.3 is 19.5 Å². The fourth-order valence-corrected chi connectivity index (χ4v) is 4.08. The molecule has 0 radical (unpaired) electrons. The molecule has 2 N–H and O–H groups in total. The minimum Gasteiger partial charge on any atom is -0.495 e. The lowest BCUT2D eigenvalue weighted by molar-refractivity contribution is 0.0973. The number of carbonyl (C=O) groups is 1. The number of rotatable bonds is 9. The third kappa shape index (κ3) is 5.97. The highest BCUT2D eigenvalue weighted by atomic mass is 16.5. The van der Waals surface area contributed by atoms with E-state index in [1.807, 2.05) is 36.7 Å². The molecule has 0 fully saturated rings. The van der Waals surface area contributed by atoms with Gasteiger partial charge in [0, 0.05) is 18.8 Å². The Bertz CT molecular complexity index is 1250. The molecule has 0 saturated carbocycles. The minimum atomic E-state index is -0.380. The van der Waals surface area contributed by atoms with E-state index in [0.29, 0.717) is 47.4 Å². The number of aryl methyl sites for hydroxylation is 3. The molecule has 1 heterocycles. The Labute approximate surface area is 212 Å². The molecule has 0 aliphatic heterocycles. The van der Waals surface area contributed by atoms with Gasteiger partial charge in [0.05, 0.1) is 38.3 Å². The van der Waals surface area contributed by atoms with Gasteiger partial charge in [-0.05, 0) is 69.5 Å². The number of nitrogens with one attached hydrogen (secondary N) is 2. The van der Waals surface area contributed by atoms with Crippen LogP contribution in [0.15, 0.2) is 41.4 Å². The lowest BCUT2D eigenvalue weighted by Crippen LogP contribution is -2.36. The van der Waals surface area contributed by atoms with Crippen LogP contribution in [0.4, 0.5) is 5.69 Å². The lowest BCUT2D eigenvalue weighted by atomic mass is 10.1. The average Bonchev–Trinajstić information content (AvgIpc) is 3.15. The first kappa shape index (κ1) is 26.6. The number of methoxy groups -OCH3 is 3. The van der Waals surface area contributed by atoms with Gasteiger partial charge >= 0.3 is 0 Å². The van der Waals surface area contributed by atoms with Crippen molar-refractivity contribution in [2.75, 3.05) is 33.2 Å². The number of benzene rings is 2. The summed E-state index contributed by atoms with van der Waals surface area (Å²) >= 11 is 0. The summed E-state index contributed by atoms with van der Waals surface area (Å²) in [6, 6.07) is 10.9. The second kappa shape index (κ2) is 12.1. The second-order valence-corrected chi connectivity index (χ2v) is 8.27. The number of aromatic nitrogens is 2. The van der Waals surface area contributed by atoms with Crippen molar-refractivity contribution in [3.63, 3.8) is 0 Å². The van der Waals surface area contributed by atoms with Crippen molar-refractivity contribution in [3.8, 4) is 17.2 Å². The number of ether oxygens (including phenoxy) is 3. The van der Waals surface area contributed by atoms with E-state index < -0.39 is 0 Å². The largest absolute Gasteiger partial charge is 0.495 e. The van der Waals surface area contributed by atoms with Crippen molar-refractivity contribution in [1.29, 1.82) is 0 Å². The number of hydrogen-bond donors (Lipinski definition) is 2. The molecule has 36 heavy (non-hydrogen) atoms. The summed E-state index contributed by atoms with van der Waals surface area (Å²) in [6.45, 7) is 9.39.